The van der Waals surface area contributed by atoms with Crippen LogP contribution in [0.3, 0.4) is 0 Å². The summed E-state index contributed by atoms with van der Waals surface area (Å²) in [6.07, 6.45) is 1.54. The van der Waals surface area contributed by atoms with Gasteiger partial charge < -0.3 is 9.47 Å². The molecule has 0 amide bonds. The minimum atomic E-state index is -5.23. The molecule has 0 spiro atoms. The van der Waals surface area contributed by atoms with E-state index >= 15 is 0 Å². The first kappa shape index (κ1) is 16.8. The van der Waals surface area contributed by atoms with E-state index < -0.39 is 38.9 Å². The predicted molar refractivity (Wildman–Crippen MR) is 70.1 cm³/mol. The van der Waals surface area contributed by atoms with Crippen molar-refractivity contribution < 1.29 is 31.1 Å². The van der Waals surface area contributed by atoms with Gasteiger partial charge in [-0.15, -0.1) is 6.58 Å². The summed E-state index contributed by atoms with van der Waals surface area (Å²) < 4.78 is 71.8. The van der Waals surface area contributed by atoms with Crippen molar-refractivity contribution in [2.24, 2.45) is 11.8 Å². The fourth-order valence-electron chi connectivity index (χ4n) is 3.19. The maximum atomic E-state index is 12.6. The van der Waals surface area contributed by atoms with E-state index in [1.807, 2.05) is 0 Å². The van der Waals surface area contributed by atoms with E-state index in [2.05, 4.69) is 6.58 Å². The van der Waals surface area contributed by atoms with E-state index in [0.717, 1.165) is 0 Å². The molecule has 1 saturated carbocycles. The third kappa shape index (κ3) is 3.27. The van der Waals surface area contributed by atoms with Crippen LogP contribution in [0.4, 0.5) is 13.2 Å². The van der Waals surface area contributed by atoms with Crippen LogP contribution in [0.2, 0.25) is 0 Å². The average molecular weight is 328 g/mol. The van der Waals surface area contributed by atoms with Crippen molar-refractivity contribution in [2.45, 2.75) is 50.2 Å². The van der Waals surface area contributed by atoms with Crippen molar-refractivity contribution in [3.8, 4) is 0 Å². The Morgan fingerprint density at radius 1 is 1.24 bits per heavy atom. The lowest BCUT2D eigenvalue weighted by Crippen LogP contribution is -2.35. The summed E-state index contributed by atoms with van der Waals surface area (Å²) in [7, 11) is -5.16. The van der Waals surface area contributed by atoms with Gasteiger partial charge in [0.05, 0.1) is 18.0 Å². The van der Waals surface area contributed by atoms with Crippen molar-refractivity contribution in [3.63, 3.8) is 0 Å². The molecular weight excluding hydrogens is 309 g/mol. The van der Waals surface area contributed by atoms with E-state index in [-0.39, 0.29) is 12.0 Å². The van der Waals surface area contributed by atoms with E-state index in [4.69, 9.17) is 9.47 Å². The lowest BCUT2D eigenvalue weighted by atomic mass is 10.0. The zero-order chi connectivity index (χ0) is 16.1. The molecule has 0 N–H and O–H groups in total. The molecule has 0 aromatic heterocycles. The van der Waals surface area contributed by atoms with E-state index in [9.17, 15) is 21.6 Å². The van der Waals surface area contributed by atoms with Crippen LogP contribution in [0.15, 0.2) is 12.7 Å². The molecule has 1 aliphatic heterocycles. The van der Waals surface area contributed by atoms with Crippen LogP contribution in [-0.4, -0.2) is 37.7 Å². The van der Waals surface area contributed by atoms with Crippen molar-refractivity contribution in [1.29, 1.82) is 0 Å². The molecule has 122 valence electrons. The highest BCUT2D eigenvalue weighted by Crippen LogP contribution is 2.47. The van der Waals surface area contributed by atoms with Crippen molar-refractivity contribution in [1.82, 2.24) is 0 Å². The molecule has 2 aliphatic rings. The molecule has 1 heterocycles. The smallest absolute Gasteiger partial charge is 0.344 e. The molecule has 4 atom stereocenters. The lowest BCUT2D eigenvalue weighted by molar-refractivity contribution is -0.160. The van der Waals surface area contributed by atoms with Crippen molar-refractivity contribution in [2.75, 3.05) is 5.75 Å². The number of ether oxygens (including phenoxy) is 2. The first-order chi connectivity index (χ1) is 9.47. The van der Waals surface area contributed by atoms with Gasteiger partial charge in [0, 0.05) is 5.92 Å². The third-order valence-electron chi connectivity index (χ3n) is 3.95. The van der Waals surface area contributed by atoms with Crippen LogP contribution in [-0.2, 0) is 19.3 Å². The molecule has 0 radical (unpaired) electrons. The van der Waals surface area contributed by atoms with E-state index in [1.165, 1.54) is 0 Å². The van der Waals surface area contributed by atoms with Gasteiger partial charge in [-0.2, -0.15) is 13.2 Å². The van der Waals surface area contributed by atoms with Gasteiger partial charge in [-0.1, -0.05) is 6.08 Å². The minimum Gasteiger partial charge on any atom is -0.344 e. The van der Waals surface area contributed by atoms with Crippen LogP contribution < -0.4 is 0 Å². The predicted octanol–water partition coefficient (Wildman–Crippen LogP) is 2.65. The van der Waals surface area contributed by atoms with Crippen molar-refractivity contribution >= 4 is 9.84 Å². The average Bonchev–Trinajstić information content (AvgIpc) is 2.74. The molecule has 21 heavy (non-hydrogen) atoms. The number of rotatable bonds is 4. The number of hydrogen-bond donors (Lipinski definition) is 0. The van der Waals surface area contributed by atoms with E-state index in [0.29, 0.717) is 12.8 Å². The Bertz CT molecular complexity index is 512. The zero-order valence-corrected chi connectivity index (χ0v) is 12.7. The molecule has 1 aliphatic carbocycles. The molecule has 1 saturated heterocycles. The summed E-state index contributed by atoms with van der Waals surface area (Å²) in [5.41, 5.74) is -5.23. The molecule has 2 fully saturated rings. The molecule has 0 unspecified atom stereocenters. The van der Waals surface area contributed by atoms with Crippen LogP contribution in [0.25, 0.3) is 0 Å². The number of halogens is 3. The lowest BCUT2D eigenvalue weighted by Gasteiger charge is -2.23. The second kappa shape index (κ2) is 5.24. The highest BCUT2D eigenvalue weighted by molar-refractivity contribution is 7.92. The largest absolute Gasteiger partial charge is 0.497 e. The standard InChI is InChI=1S/C13H19F3O4S/c1-4-5-8-6-9(7-21(17,18)13(14,15)16)11-10(8)19-12(2,3)20-11/h4,8-11H,1,5-7H2,2-3H3/t8-,9+,10+,11-/m0/s1. The Balaban J connectivity index is 2.19. The van der Waals surface area contributed by atoms with Gasteiger partial charge >= 0.3 is 5.51 Å². The highest BCUT2D eigenvalue weighted by Gasteiger charge is 2.56. The van der Waals surface area contributed by atoms with E-state index in [1.54, 1.807) is 19.9 Å². The summed E-state index contributed by atoms with van der Waals surface area (Å²) in [5, 5.41) is 0. The van der Waals surface area contributed by atoms with Gasteiger partial charge in [-0.05, 0) is 32.6 Å². The number of hydrogen-bond acceptors (Lipinski definition) is 4. The number of allylic oxidation sites excluding steroid dienone is 1. The number of fused-ring (bicyclic) bond motifs is 1. The summed E-state index contributed by atoms with van der Waals surface area (Å²) in [6, 6.07) is 0. The first-order valence-electron chi connectivity index (χ1n) is 6.72. The fraction of sp³-hybridized carbons (Fsp3) is 0.846. The highest BCUT2D eigenvalue weighted by atomic mass is 32.2. The second-order valence-corrected chi connectivity index (χ2v) is 8.10. The molecule has 0 aromatic rings. The van der Waals surface area contributed by atoms with Crippen LogP contribution >= 0.6 is 0 Å². The molecular formula is C13H19F3O4S. The Hall–Kier alpha value is -0.600. The normalized spacial score (nSPS) is 35.7. The van der Waals surface area contributed by atoms with Gasteiger partial charge in [-0.3, -0.25) is 0 Å². The monoisotopic (exact) mass is 328 g/mol. The van der Waals surface area contributed by atoms with Gasteiger partial charge in [-0.25, -0.2) is 8.42 Å². The number of alkyl halides is 3. The Morgan fingerprint density at radius 3 is 2.24 bits per heavy atom. The second-order valence-electron chi connectivity index (χ2n) is 6.07. The zero-order valence-electron chi connectivity index (χ0n) is 11.9. The summed E-state index contributed by atoms with van der Waals surface area (Å²) in [6.45, 7) is 6.96. The maximum Gasteiger partial charge on any atom is 0.497 e. The first-order valence-corrected chi connectivity index (χ1v) is 8.37. The summed E-state index contributed by atoms with van der Waals surface area (Å²) in [5.74, 6) is -2.64. The third-order valence-corrected chi connectivity index (χ3v) is 5.53. The topological polar surface area (TPSA) is 52.6 Å². The molecule has 0 aromatic carbocycles. The maximum absolute atomic E-state index is 12.6. The Kier molecular flexibility index (Phi) is 4.18. The van der Waals surface area contributed by atoms with Gasteiger partial charge in [0.2, 0.25) is 9.84 Å². The molecule has 8 heteroatoms. The quantitative estimate of drug-likeness (QED) is 0.745. The molecule has 4 nitrogen and oxygen atoms in total. The number of sulfone groups is 1. The Morgan fingerprint density at radius 2 is 1.76 bits per heavy atom. The minimum absolute atomic E-state index is 0.0669. The summed E-state index contributed by atoms with van der Waals surface area (Å²) in [4.78, 5) is 0. The van der Waals surface area contributed by atoms with Crippen LogP contribution in [0.5, 0.6) is 0 Å². The van der Waals surface area contributed by atoms with Gasteiger partial charge in [0.25, 0.3) is 0 Å². The van der Waals surface area contributed by atoms with Crippen molar-refractivity contribution in [3.05, 3.63) is 12.7 Å². The van der Waals surface area contributed by atoms with Crippen LogP contribution in [0.1, 0.15) is 26.7 Å². The Labute approximate surface area is 122 Å². The molecule has 2 rings (SSSR count). The van der Waals surface area contributed by atoms with Gasteiger partial charge in [0.1, 0.15) is 0 Å². The SMILES string of the molecule is C=CC[C@H]1C[C@H](CS(=O)(=O)C(F)(F)F)[C@@H]2OC(C)(C)O[C@H]12. The fourth-order valence-corrected chi connectivity index (χ4v) is 4.27. The van der Waals surface area contributed by atoms with Crippen LogP contribution in [0, 0.1) is 11.8 Å². The van der Waals surface area contributed by atoms with Gasteiger partial charge in [0.15, 0.2) is 5.79 Å². The summed E-state index contributed by atoms with van der Waals surface area (Å²) >= 11 is 0. The molecule has 0 bridgehead atoms.